The summed E-state index contributed by atoms with van der Waals surface area (Å²) < 4.78 is 11.1. The summed E-state index contributed by atoms with van der Waals surface area (Å²) in [5.41, 5.74) is 1.83. The van der Waals surface area contributed by atoms with Crippen LogP contribution in [0.25, 0.3) is 0 Å². The Morgan fingerprint density at radius 3 is 2.46 bits per heavy atom. The number of Topliss-reactive ketones (excluding diaryl/α,β-unsaturated/α-hetero) is 1. The summed E-state index contributed by atoms with van der Waals surface area (Å²) in [5, 5.41) is 7.90. The molecule has 1 aromatic heterocycles. The first kappa shape index (κ1) is 15.9. The van der Waals surface area contributed by atoms with Crippen molar-refractivity contribution in [3.05, 3.63) is 77.5 Å². The third kappa shape index (κ3) is 4.29. The Kier molecular flexibility index (Phi) is 5.01. The molecule has 122 valence electrons. The number of carbonyl (C=O) groups excluding carboxylic acids is 1. The molecular formula is C19H18N2O3. The summed E-state index contributed by atoms with van der Waals surface area (Å²) in [6, 6.07) is 17.0. The third-order valence-corrected chi connectivity index (χ3v) is 3.55. The van der Waals surface area contributed by atoms with Gasteiger partial charge in [-0.2, -0.15) is 0 Å². The van der Waals surface area contributed by atoms with Crippen molar-refractivity contribution in [2.75, 3.05) is 0 Å². The third-order valence-electron chi connectivity index (χ3n) is 3.55. The van der Waals surface area contributed by atoms with Crippen LogP contribution in [0.5, 0.6) is 5.75 Å². The van der Waals surface area contributed by atoms with Crippen LogP contribution in [0, 0.1) is 6.92 Å². The number of nitrogens with zero attached hydrogens (tertiary/aromatic N) is 2. The average Bonchev–Trinajstić information content (AvgIpc) is 3.07. The normalized spacial score (nSPS) is 10.5. The molecule has 0 aliphatic rings. The van der Waals surface area contributed by atoms with Gasteiger partial charge in [0, 0.05) is 18.4 Å². The van der Waals surface area contributed by atoms with E-state index in [0.717, 1.165) is 11.3 Å². The lowest BCUT2D eigenvalue weighted by Gasteiger charge is -2.01. The van der Waals surface area contributed by atoms with Crippen LogP contribution in [0.1, 0.15) is 34.1 Å². The van der Waals surface area contributed by atoms with Gasteiger partial charge in [0.15, 0.2) is 12.4 Å². The van der Waals surface area contributed by atoms with Gasteiger partial charge in [-0.15, -0.1) is 10.2 Å². The molecule has 0 spiro atoms. The summed E-state index contributed by atoms with van der Waals surface area (Å²) >= 11 is 0. The Labute approximate surface area is 140 Å². The Bertz CT molecular complexity index is 795. The highest BCUT2D eigenvalue weighted by atomic mass is 16.5. The van der Waals surface area contributed by atoms with Gasteiger partial charge >= 0.3 is 0 Å². The molecule has 1 heterocycles. The fourth-order valence-electron chi connectivity index (χ4n) is 2.21. The molecule has 5 nitrogen and oxygen atoms in total. The maximum Gasteiger partial charge on any atom is 0.253 e. The van der Waals surface area contributed by atoms with Crippen LogP contribution in [-0.2, 0) is 13.0 Å². The van der Waals surface area contributed by atoms with Crippen molar-refractivity contribution in [1.29, 1.82) is 0 Å². The Morgan fingerprint density at radius 2 is 1.71 bits per heavy atom. The van der Waals surface area contributed by atoms with Crippen molar-refractivity contribution in [2.24, 2.45) is 0 Å². The molecule has 3 aromatic rings. The zero-order valence-electron chi connectivity index (χ0n) is 13.4. The molecule has 2 aromatic carbocycles. The van der Waals surface area contributed by atoms with E-state index in [9.17, 15) is 4.79 Å². The summed E-state index contributed by atoms with van der Waals surface area (Å²) in [6.07, 6.45) is 0.759. The highest BCUT2D eigenvalue weighted by Crippen LogP contribution is 2.12. The first-order valence-corrected chi connectivity index (χ1v) is 7.80. The minimum atomic E-state index is 0.0651. The van der Waals surface area contributed by atoms with Gasteiger partial charge in [-0.05, 0) is 19.1 Å². The van der Waals surface area contributed by atoms with E-state index < -0.39 is 0 Å². The molecule has 24 heavy (non-hydrogen) atoms. The summed E-state index contributed by atoms with van der Waals surface area (Å²) in [7, 11) is 0. The summed E-state index contributed by atoms with van der Waals surface area (Å²) in [4.78, 5) is 12.1. The average molecular weight is 322 g/mol. The van der Waals surface area contributed by atoms with E-state index in [4.69, 9.17) is 9.15 Å². The van der Waals surface area contributed by atoms with E-state index in [1.165, 1.54) is 0 Å². The van der Waals surface area contributed by atoms with Gasteiger partial charge in [0.2, 0.25) is 5.89 Å². The largest absolute Gasteiger partial charge is 0.484 e. The van der Waals surface area contributed by atoms with Crippen molar-refractivity contribution in [3.63, 3.8) is 0 Å². The summed E-state index contributed by atoms with van der Waals surface area (Å²) in [6.45, 7) is 2.20. The number of ketones is 1. The fourth-order valence-corrected chi connectivity index (χ4v) is 2.21. The maximum absolute atomic E-state index is 12.1. The first-order chi connectivity index (χ1) is 11.7. The standard InChI is InChI=1S/C19H18N2O3/c1-14-7-9-15(10-8-14)17(22)11-12-18-20-21-19(24-18)13-23-16-5-3-2-4-6-16/h2-10H,11-13H2,1H3. The lowest BCUT2D eigenvalue weighted by Crippen LogP contribution is -2.01. The van der Waals surface area contributed by atoms with Crippen LogP contribution in [-0.4, -0.2) is 16.0 Å². The van der Waals surface area contributed by atoms with Gasteiger partial charge in [0.05, 0.1) is 0 Å². The number of ether oxygens (including phenoxy) is 1. The number of rotatable bonds is 7. The predicted molar refractivity (Wildman–Crippen MR) is 88.9 cm³/mol. The highest BCUT2D eigenvalue weighted by molar-refractivity contribution is 5.96. The fraction of sp³-hybridized carbons (Fsp3) is 0.211. The van der Waals surface area contributed by atoms with E-state index in [-0.39, 0.29) is 12.4 Å². The molecule has 0 bridgehead atoms. The number of hydrogen-bond donors (Lipinski definition) is 0. The van der Waals surface area contributed by atoms with Crippen LogP contribution < -0.4 is 4.74 Å². The Morgan fingerprint density at radius 1 is 1.00 bits per heavy atom. The van der Waals surface area contributed by atoms with Crippen LogP contribution in [0.4, 0.5) is 0 Å². The van der Waals surface area contributed by atoms with Gasteiger partial charge in [0.1, 0.15) is 5.75 Å². The van der Waals surface area contributed by atoms with E-state index in [1.807, 2.05) is 61.5 Å². The van der Waals surface area contributed by atoms with Gasteiger partial charge in [-0.25, -0.2) is 0 Å². The van der Waals surface area contributed by atoms with Crippen LogP contribution in [0.15, 0.2) is 59.0 Å². The molecule has 0 radical (unpaired) electrons. The Hall–Kier alpha value is -2.95. The van der Waals surface area contributed by atoms with Gasteiger partial charge in [-0.3, -0.25) is 4.79 Å². The number of aryl methyl sites for hydroxylation is 2. The van der Waals surface area contributed by atoms with Crippen molar-refractivity contribution >= 4 is 5.78 Å². The molecule has 0 saturated heterocycles. The van der Waals surface area contributed by atoms with E-state index >= 15 is 0 Å². The minimum absolute atomic E-state index is 0.0651. The number of para-hydroxylation sites is 1. The molecular weight excluding hydrogens is 304 g/mol. The van der Waals surface area contributed by atoms with Crippen molar-refractivity contribution < 1.29 is 13.9 Å². The number of hydrogen-bond acceptors (Lipinski definition) is 5. The predicted octanol–water partition coefficient (Wildman–Crippen LogP) is 3.77. The van der Waals surface area contributed by atoms with Gasteiger partial charge < -0.3 is 9.15 Å². The molecule has 5 heteroatoms. The van der Waals surface area contributed by atoms with Crippen molar-refractivity contribution in [1.82, 2.24) is 10.2 Å². The molecule has 0 fully saturated rings. The lowest BCUT2D eigenvalue weighted by atomic mass is 10.1. The van der Waals surface area contributed by atoms with Gasteiger partial charge in [0.25, 0.3) is 5.89 Å². The zero-order valence-corrected chi connectivity index (χ0v) is 13.4. The van der Waals surface area contributed by atoms with Gasteiger partial charge in [-0.1, -0.05) is 48.0 Å². The van der Waals surface area contributed by atoms with Crippen LogP contribution in [0.3, 0.4) is 0 Å². The molecule has 0 aliphatic carbocycles. The molecule has 0 aliphatic heterocycles. The zero-order chi connectivity index (χ0) is 16.8. The van der Waals surface area contributed by atoms with E-state index in [2.05, 4.69) is 10.2 Å². The van der Waals surface area contributed by atoms with E-state index in [0.29, 0.717) is 30.2 Å². The van der Waals surface area contributed by atoms with Crippen LogP contribution in [0.2, 0.25) is 0 Å². The molecule has 0 saturated carbocycles. The molecule has 0 atom stereocenters. The molecule has 0 N–H and O–H groups in total. The molecule has 3 rings (SSSR count). The monoisotopic (exact) mass is 322 g/mol. The quantitative estimate of drug-likeness (QED) is 0.619. The topological polar surface area (TPSA) is 65.2 Å². The van der Waals surface area contributed by atoms with Crippen molar-refractivity contribution in [3.8, 4) is 5.75 Å². The smallest absolute Gasteiger partial charge is 0.253 e. The SMILES string of the molecule is Cc1ccc(C(=O)CCc2nnc(COc3ccccc3)o2)cc1. The minimum Gasteiger partial charge on any atom is -0.484 e. The summed E-state index contributed by atoms with van der Waals surface area (Å²) in [5.74, 6) is 1.65. The molecule has 0 unspecified atom stereocenters. The van der Waals surface area contributed by atoms with Crippen molar-refractivity contribution in [2.45, 2.75) is 26.4 Å². The maximum atomic E-state index is 12.1. The van der Waals surface area contributed by atoms with E-state index in [1.54, 1.807) is 0 Å². The first-order valence-electron chi connectivity index (χ1n) is 7.80. The second kappa shape index (κ2) is 7.55. The Balaban J connectivity index is 1.50. The lowest BCUT2D eigenvalue weighted by molar-refractivity contribution is 0.0980. The number of carbonyl (C=O) groups is 1. The second-order valence-electron chi connectivity index (χ2n) is 5.48. The molecule has 0 amide bonds. The van der Waals surface area contributed by atoms with Crippen LogP contribution >= 0.6 is 0 Å². The highest BCUT2D eigenvalue weighted by Gasteiger charge is 2.11. The second-order valence-corrected chi connectivity index (χ2v) is 5.48. The number of benzene rings is 2. The number of aromatic nitrogens is 2.